The van der Waals surface area contributed by atoms with Gasteiger partial charge in [0, 0.05) is 53.2 Å². The number of hydrogen-bond acceptors (Lipinski definition) is 2. The molecule has 0 aliphatic carbocycles. The van der Waals surface area contributed by atoms with Crippen LogP contribution in [0, 0.1) is 0 Å². The molecule has 0 atom stereocenters. The third-order valence-electron chi connectivity index (χ3n) is 10.5. The fourth-order valence-corrected chi connectivity index (χ4v) is 8.20. The summed E-state index contributed by atoms with van der Waals surface area (Å²) in [6.07, 6.45) is 6.94. The Balaban J connectivity index is 1.34. The molecule has 3 heteroatoms. The van der Waals surface area contributed by atoms with Crippen LogP contribution in [0.3, 0.4) is 0 Å². The number of fused-ring (bicyclic) bond motifs is 10. The van der Waals surface area contributed by atoms with Gasteiger partial charge < -0.3 is 14.4 Å². The van der Waals surface area contributed by atoms with Gasteiger partial charge in [0.2, 0.25) is 0 Å². The average Bonchev–Trinajstić information content (AvgIpc) is 3.59. The maximum Gasteiger partial charge on any atom is 0.0777 e. The molecule has 0 radical (unpaired) electrons. The Bertz CT molecular complexity index is 2560. The van der Waals surface area contributed by atoms with Crippen LogP contribution in [0.2, 0.25) is 0 Å². The first-order valence-corrected chi connectivity index (χ1v) is 17.6. The predicted molar refractivity (Wildman–Crippen MR) is 216 cm³/mol. The highest BCUT2D eigenvalue weighted by Gasteiger charge is 2.33. The summed E-state index contributed by atoms with van der Waals surface area (Å²) in [5.41, 5.74) is 18.1. The standard InChI is InChI=1S/C48H35N3/c1-49-28-15-25-43-46-45(41-24-12-11-22-39(41)40-23-13-14-26-44(40)51(46)37-20-9-4-10-21-37)42-27-29-50(48(42)47(43)49)38-31-35(33-16-5-2-6-17-33)30-36(32-38)34-18-7-3-8-19-34/h2-27,29-32H,28H2,1H3. The van der Waals surface area contributed by atoms with Crippen LogP contribution in [-0.2, 0) is 0 Å². The zero-order valence-corrected chi connectivity index (χ0v) is 28.4. The number of likely N-dealkylation sites (N-methyl/N-ethyl adjacent to an activating group) is 1. The van der Waals surface area contributed by atoms with E-state index in [-0.39, 0.29) is 0 Å². The van der Waals surface area contributed by atoms with Gasteiger partial charge in [-0.1, -0.05) is 133 Å². The molecular weight excluding hydrogens is 619 g/mol. The van der Waals surface area contributed by atoms with Gasteiger partial charge in [-0.15, -0.1) is 0 Å². The van der Waals surface area contributed by atoms with Crippen LogP contribution in [0.15, 0.2) is 176 Å². The molecule has 0 amide bonds. The molecule has 7 aromatic carbocycles. The first kappa shape index (κ1) is 29.3. The number of benzene rings is 7. The first-order chi connectivity index (χ1) is 25.2. The molecule has 2 aliphatic heterocycles. The molecule has 0 saturated heterocycles. The van der Waals surface area contributed by atoms with Crippen LogP contribution >= 0.6 is 0 Å². The summed E-state index contributed by atoms with van der Waals surface area (Å²) in [5, 5.41) is 1.23. The van der Waals surface area contributed by atoms with Crippen LogP contribution in [0.4, 0.5) is 22.7 Å². The molecule has 51 heavy (non-hydrogen) atoms. The lowest BCUT2D eigenvalue weighted by molar-refractivity contribution is 1.01. The van der Waals surface area contributed by atoms with Crippen molar-refractivity contribution in [2.75, 3.05) is 23.4 Å². The number of para-hydroxylation sites is 2. The second-order valence-corrected chi connectivity index (χ2v) is 13.5. The highest BCUT2D eigenvalue weighted by molar-refractivity contribution is 6.18. The van der Waals surface area contributed by atoms with Gasteiger partial charge in [0.1, 0.15) is 0 Å². The van der Waals surface area contributed by atoms with E-state index in [9.17, 15) is 0 Å². The van der Waals surface area contributed by atoms with Crippen molar-refractivity contribution in [1.29, 1.82) is 0 Å². The van der Waals surface area contributed by atoms with Crippen LogP contribution in [0.25, 0.3) is 67.2 Å². The first-order valence-electron chi connectivity index (χ1n) is 17.6. The van der Waals surface area contributed by atoms with Gasteiger partial charge in [-0.25, -0.2) is 0 Å². The lowest BCUT2D eigenvalue weighted by atomic mass is 9.89. The normalized spacial score (nSPS) is 13.0. The number of aromatic nitrogens is 1. The van der Waals surface area contributed by atoms with E-state index in [0.717, 1.165) is 17.9 Å². The second kappa shape index (κ2) is 11.8. The van der Waals surface area contributed by atoms with Crippen molar-refractivity contribution in [2.24, 2.45) is 0 Å². The van der Waals surface area contributed by atoms with Gasteiger partial charge in [0.05, 0.1) is 22.6 Å². The average molecular weight is 654 g/mol. The van der Waals surface area contributed by atoms with Gasteiger partial charge in [-0.3, -0.25) is 0 Å². The molecule has 10 rings (SSSR count). The fraction of sp³-hybridized carbons (Fsp3) is 0.0417. The summed E-state index contributed by atoms with van der Waals surface area (Å²) < 4.78 is 2.43. The van der Waals surface area contributed by atoms with Crippen molar-refractivity contribution in [3.8, 4) is 50.2 Å². The minimum atomic E-state index is 0.837. The number of hydrogen-bond donors (Lipinski definition) is 0. The molecule has 0 bridgehead atoms. The maximum absolute atomic E-state index is 2.49. The Morgan fingerprint density at radius 1 is 0.490 bits per heavy atom. The predicted octanol–water partition coefficient (Wildman–Crippen LogP) is 12.5. The lowest BCUT2D eigenvalue weighted by Gasteiger charge is -2.34. The molecule has 0 fully saturated rings. The molecule has 8 aromatic rings. The molecule has 3 nitrogen and oxygen atoms in total. The summed E-state index contributed by atoms with van der Waals surface area (Å²) in [7, 11) is 2.23. The van der Waals surface area contributed by atoms with Crippen LogP contribution < -0.4 is 9.80 Å². The van der Waals surface area contributed by atoms with Crippen LogP contribution in [0.5, 0.6) is 0 Å². The summed E-state index contributed by atoms with van der Waals surface area (Å²) in [4.78, 5) is 4.91. The minimum Gasteiger partial charge on any atom is -0.369 e. The fourth-order valence-electron chi connectivity index (χ4n) is 8.20. The third-order valence-corrected chi connectivity index (χ3v) is 10.5. The Morgan fingerprint density at radius 2 is 1.08 bits per heavy atom. The number of nitrogens with zero attached hydrogens (tertiary/aromatic N) is 3. The van der Waals surface area contributed by atoms with E-state index >= 15 is 0 Å². The van der Waals surface area contributed by atoms with Gasteiger partial charge in [-0.05, 0) is 75.8 Å². The van der Waals surface area contributed by atoms with Gasteiger partial charge in [0.15, 0.2) is 0 Å². The molecule has 0 saturated carbocycles. The quantitative estimate of drug-likeness (QED) is 0.187. The molecule has 242 valence electrons. The van der Waals surface area contributed by atoms with Crippen molar-refractivity contribution in [2.45, 2.75) is 0 Å². The molecule has 0 unspecified atom stereocenters. The van der Waals surface area contributed by atoms with E-state index in [1.54, 1.807) is 0 Å². The molecule has 0 spiro atoms. The topological polar surface area (TPSA) is 11.4 Å². The van der Waals surface area contributed by atoms with Crippen molar-refractivity contribution in [3.63, 3.8) is 0 Å². The van der Waals surface area contributed by atoms with Gasteiger partial charge in [0.25, 0.3) is 0 Å². The lowest BCUT2D eigenvalue weighted by Crippen LogP contribution is -2.23. The Kier molecular flexibility index (Phi) is 6.78. The second-order valence-electron chi connectivity index (χ2n) is 13.5. The van der Waals surface area contributed by atoms with Crippen molar-refractivity contribution >= 4 is 39.7 Å². The zero-order chi connectivity index (χ0) is 33.9. The minimum absolute atomic E-state index is 0.837. The SMILES string of the molecule is CN1CC=Cc2c3c(c4ccn(-c5cc(-c6ccccc6)cc(-c6ccccc6)c5)c4c21)-c1ccccc1-c1ccccc1N3c1ccccc1. The van der Waals surface area contributed by atoms with Crippen molar-refractivity contribution < 1.29 is 0 Å². The highest BCUT2D eigenvalue weighted by Crippen LogP contribution is 2.57. The Labute approximate surface area is 298 Å². The van der Waals surface area contributed by atoms with E-state index < -0.39 is 0 Å². The van der Waals surface area contributed by atoms with Gasteiger partial charge in [-0.2, -0.15) is 0 Å². The maximum atomic E-state index is 2.49. The van der Waals surface area contributed by atoms with E-state index in [0.29, 0.717) is 0 Å². The Hall–Kier alpha value is -6.58. The monoisotopic (exact) mass is 653 g/mol. The molecule has 2 aliphatic rings. The third kappa shape index (κ3) is 4.66. The molecule has 1 aromatic heterocycles. The zero-order valence-electron chi connectivity index (χ0n) is 28.4. The largest absolute Gasteiger partial charge is 0.369 e. The van der Waals surface area contributed by atoms with E-state index in [4.69, 9.17) is 0 Å². The van der Waals surface area contributed by atoms with Crippen molar-refractivity contribution in [3.05, 3.63) is 182 Å². The highest BCUT2D eigenvalue weighted by atomic mass is 15.2. The van der Waals surface area contributed by atoms with Gasteiger partial charge >= 0.3 is 0 Å². The summed E-state index contributed by atoms with van der Waals surface area (Å²) >= 11 is 0. The number of rotatable bonds is 4. The molecular formula is C48H35N3. The van der Waals surface area contributed by atoms with Crippen LogP contribution in [0.1, 0.15) is 5.56 Å². The Morgan fingerprint density at radius 3 is 1.76 bits per heavy atom. The summed E-state index contributed by atoms with van der Waals surface area (Å²) in [6.45, 7) is 0.837. The van der Waals surface area contributed by atoms with Crippen LogP contribution in [-0.4, -0.2) is 18.2 Å². The van der Waals surface area contributed by atoms with E-state index in [1.165, 1.54) is 78.0 Å². The van der Waals surface area contributed by atoms with E-state index in [2.05, 4.69) is 204 Å². The summed E-state index contributed by atoms with van der Waals surface area (Å²) in [5.74, 6) is 0. The van der Waals surface area contributed by atoms with E-state index in [1.807, 2.05) is 0 Å². The molecule has 3 heterocycles. The van der Waals surface area contributed by atoms with Crippen molar-refractivity contribution in [1.82, 2.24) is 4.57 Å². The smallest absolute Gasteiger partial charge is 0.0777 e. The molecule has 0 N–H and O–H groups in total. The summed E-state index contributed by atoms with van der Waals surface area (Å²) in [6, 6.07) is 59.5. The number of anilines is 4.